The van der Waals surface area contributed by atoms with E-state index in [1.165, 1.54) is 12.8 Å². The molecule has 0 bridgehead atoms. The molecule has 1 aliphatic carbocycles. The van der Waals surface area contributed by atoms with Crippen LogP contribution in [0.5, 0.6) is 0 Å². The van der Waals surface area contributed by atoms with Gasteiger partial charge in [0.1, 0.15) is 0 Å². The zero-order chi connectivity index (χ0) is 13.1. The second-order valence-corrected chi connectivity index (χ2v) is 5.43. The van der Waals surface area contributed by atoms with Crippen LogP contribution in [-0.4, -0.2) is 46.6 Å². The van der Waals surface area contributed by atoms with E-state index in [9.17, 15) is 9.59 Å². The number of carbonyl (C=O) groups excluding carboxylic acids is 1. The topological polar surface area (TPSA) is 69.6 Å². The predicted octanol–water partition coefficient (Wildman–Crippen LogP) is 0.983. The number of nitrogens with zero attached hydrogens (tertiary/aromatic N) is 1. The quantitative estimate of drug-likeness (QED) is 0.784. The van der Waals surface area contributed by atoms with Crippen molar-refractivity contribution in [2.45, 2.75) is 63.6 Å². The molecule has 102 valence electrons. The first-order chi connectivity index (χ1) is 8.59. The number of rotatable bonds is 4. The van der Waals surface area contributed by atoms with Crippen LogP contribution in [0.3, 0.4) is 0 Å². The number of carboxylic acids is 1. The van der Waals surface area contributed by atoms with E-state index >= 15 is 0 Å². The summed E-state index contributed by atoms with van der Waals surface area (Å²) < 4.78 is 0. The van der Waals surface area contributed by atoms with Gasteiger partial charge in [-0.05, 0) is 26.2 Å². The minimum atomic E-state index is -0.837. The first-order valence-corrected chi connectivity index (χ1v) is 6.87. The highest BCUT2D eigenvalue weighted by Gasteiger charge is 2.37. The normalized spacial score (nSPS) is 29.8. The molecule has 0 aromatic carbocycles. The molecule has 1 heterocycles. The van der Waals surface area contributed by atoms with Gasteiger partial charge in [0.2, 0.25) is 5.91 Å². The summed E-state index contributed by atoms with van der Waals surface area (Å²) in [5, 5.41) is 11.9. The summed E-state index contributed by atoms with van der Waals surface area (Å²) >= 11 is 0. The van der Waals surface area contributed by atoms with Gasteiger partial charge in [0, 0.05) is 25.0 Å². The van der Waals surface area contributed by atoms with E-state index in [1.807, 2.05) is 4.90 Å². The van der Waals surface area contributed by atoms with Crippen LogP contribution in [-0.2, 0) is 9.59 Å². The smallest absolute Gasteiger partial charge is 0.303 e. The summed E-state index contributed by atoms with van der Waals surface area (Å²) in [5.41, 5.74) is 0. The SMILES string of the molecule is CC1CNC(CCC(=O)O)C(=O)N1C1CCCC1. The van der Waals surface area contributed by atoms with Crippen LogP contribution in [0, 0.1) is 0 Å². The molecule has 5 heteroatoms. The van der Waals surface area contributed by atoms with Crippen molar-refractivity contribution in [3.8, 4) is 0 Å². The number of carbonyl (C=O) groups is 2. The minimum absolute atomic E-state index is 0.0519. The highest BCUT2D eigenvalue weighted by molar-refractivity contribution is 5.84. The van der Waals surface area contributed by atoms with Crippen molar-refractivity contribution in [3.05, 3.63) is 0 Å². The maximum Gasteiger partial charge on any atom is 0.303 e. The van der Waals surface area contributed by atoms with Crippen molar-refractivity contribution in [2.24, 2.45) is 0 Å². The van der Waals surface area contributed by atoms with Gasteiger partial charge in [-0.25, -0.2) is 0 Å². The summed E-state index contributed by atoms with van der Waals surface area (Å²) in [5.74, 6) is -0.738. The monoisotopic (exact) mass is 254 g/mol. The van der Waals surface area contributed by atoms with E-state index < -0.39 is 5.97 Å². The molecule has 0 radical (unpaired) electrons. The summed E-state index contributed by atoms with van der Waals surface area (Å²) in [6, 6.07) is 0.293. The Morgan fingerprint density at radius 3 is 2.72 bits per heavy atom. The summed E-state index contributed by atoms with van der Waals surface area (Å²) in [7, 11) is 0. The third-order valence-corrected chi connectivity index (χ3v) is 4.05. The molecule has 1 saturated heterocycles. The van der Waals surface area contributed by atoms with Crippen LogP contribution >= 0.6 is 0 Å². The zero-order valence-electron chi connectivity index (χ0n) is 10.9. The Morgan fingerprint density at radius 1 is 1.44 bits per heavy atom. The molecule has 2 fully saturated rings. The Kier molecular flexibility index (Phi) is 4.22. The van der Waals surface area contributed by atoms with Crippen molar-refractivity contribution in [2.75, 3.05) is 6.54 Å². The molecular formula is C13H22N2O3. The van der Waals surface area contributed by atoms with E-state index in [4.69, 9.17) is 5.11 Å². The maximum atomic E-state index is 12.4. The predicted molar refractivity (Wildman–Crippen MR) is 67.2 cm³/mol. The van der Waals surface area contributed by atoms with Crippen molar-refractivity contribution in [1.82, 2.24) is 10.2 Å². The van der Waals surface area contributed by atoms with Gasteiger partial charge in [-0.15, -0.1) is 0 Å². The van der Waals surface area contributed by atoms with Gasteiger partial charge < -0.3 is 15.3 Å². The lowest BCUT2D eigenvalue weighted by Gasteiger charge is -2.42. The number of nitrogens with one attached hydrogen (secondary N) is 1. The average molecular weight is 254 g/mol. The molecule has 1 saturated carbocycles. The van der Waals surface area contributed by atoms with E-state index in [1.54, 1.807) is 0 Å². The Labute approximate surface area is 108 Å². The minimum Gasteiger partial charge on any atom is -0.481 e. The van der Waals surface area contributed by atoms with E-state index in [2.05, 4.69) is 12.2 Å². The zero-order valence-corrected chi connectivity index (χ0v) is 10.9. The third kappa shape index (κ3) is 2.83. The van der Waals surface area contributed by atoms with Crippen molar-refractivity contribution >= 4 is 11.9 Å². The first kappa shape index (κ1) is 13.3. The summed E-state index contributed by atoms with van der Waals surface area (Å²) in [6.07, 6.45) is 5.05. The summed E-state index contributed by atoms with van der Waals surface area (Å²) in [4.78, 5) is 25.0. The van der Waals surface area contributed by atoms with Gasteiger partial charge in [0.25, 0.3) is 0 Å². The molecule has 5 nitrogen and oxygen atoms in total. The maximum absolute atomic E-state index is 12.4. The molecule has 1 amide bonds. The summed E-state index contributed by atoms with van der Waals surface area (Å²) in [6.45, 7) is 2.84. The number of carboxylic acid groups (broad SMARTS) is 1. The van der Waals surface area contributed by atoms with Gasteiger partial charge in [0.15, 0.2) is 0 Å². The van der Waals surface area contributed by atoms with Crippen molar-refractivity contribution in [1.29, 1.82) is 0 Å². The molecule has 0 spiro atoms. The second kappa shape index (κ2) is 5.69. The Balaban J connectivity index is 1.99. The molecule has 0 aromatic rings. The molecule has 2 aliphatic rings. The second-order valence-electron chi connectivity index (χ2n) is 5.43. The van der Waals surface area contributed by atoms with E-state index in [-0.39, 0.29) is 24.4 Å². The molecule has 2 rings (SSSR count). The molecule has 2 atom stereocenters. The highest BCUT2D eigenvalue weighted by Crippen LogP contribution is 2.27. The molecule has 2 unspecified atom stereocenters. The van der Waals surface area contributed by atoms with Crippen LogP contribution in [0.1, 0.15) is 45.4 Å². The van der Waals surface area contributed by atoms with E-state index in [0.717, 1.165) is 19.4 Å². The van der Waals surface area contributed by atoms with Crippen LogP contribution in [0.2, 0.25) is 0 Å². The number of hydrogen-bond acceptors (Lipinski definition) is 3. The fourth-order valence-electron chi connectivity index (χ4n) is 3.11. The fraction of sp³-hybridized carbons (Fsp3) is 0.846. The van der Waals surface area contributed by atoms with Gasteiger partial charge in [-0.3, -0.25) is 9.59 Å². The number of amides is 1. The van der Waals surface area contributed by atoms with E-state index in [0.29, 0.717) is 12.5 Å². The van der Waals surface area contributed by atoms with Gasteiger partial charge >= 0.3 is 5.97 Å². The van der Waals surface area contributed by atoms with Crippen LogP contribution in [0.15, 0.2) is 0 Å². The van der Waals surface area contributed by atoms with Crippen molar-refractivity contribution < 1.29 is 14.7 Å². The van der Waals surface area contributed by atoms with Gasteiger partial charge in [0.05, 0.1) is 6.04 Å². The lowest BCUT2D eigenvalue weighted by atomic mass is 10.0. The van der Waals surface area contributed by atoms with Crippen LogP contribution in [0.4, 0.5) is 0 Å². The molecule has 1 aliphatic heterocycles. The number of hydrogen-bond donors (Lipinski definition) is 2. The lowest BCUT2D eigenvalue weighted by molar-refractivity contribution is -0.142. The van der Waals surface area contributed by atoms with Crippen molar-refractivity contribution in [3.63, 3.8) is 0 Å². The standard InChI is InChI=1S/C13H22N2O3/c1-9-8-14-11(6-7-12(16)17)13(18)15(9)10-4-2-3-5-10/h9-11,14H,2-8H2,1H3,(H,16,17). The number of piperazine rings is 1. The Bertz CT molecular complexity index is 326. The van der Waals surface area contributed by atoms with Crippen LogP contribution in [0.25, 0.3) is 0 Å². The molecule has 18 heavy (non-hydrogen) atoms. The molecule has 0 aromatic heterocycles. The molecular weight excluding hydrogens is 232 g/mol. The Morgan fingerprint density at radius 2 is 2.11 bits per heavy atom. The average Bonchev–Trinajstić information content (AvgIpc) is 2.81. The van der Waals surface area contributed by atoms with Crippen LogP contribution < -0.4 is 5.32 Å². The largest absolute Gasteiger partial charge is 0.481 e. The number of aliphatic carboxylic acids is 1. The highest BCUT2D eigenvalue weighted by atomic mass is 16.4. The Hall–Kier alpha value is -1.10. The fourth-order valence-corrected chi connectivity index (χ4v) is 3.11. The third-order valence-electron chi connectivity index (χ3n) is 4.05. The van der Waals surface area contributed by atoms with Gasteiger partial charge in [-0.1, -0.05) is 12.8 Å². The lowest BCUT2D eigenvalue weighted by Crippen LogP contribution is -2.61. The molecule has 2 N–H and O–H groups in total. The first-order valence-electron chi connectivity index (χ1n) is 6.87. The van der Waals surface area contributed by atoms with Gasteiger partial charge in [-0.2, -0.15) is 0 Å².